The first-order chi connectivity index (χ1) is 18.2. The van der Waals surface area contributed by atoms with E-state index in [0.717, 1.165) is 16.8 Å². The fourth-order valence-corrected chi connectivity index (χ4v) is 4.83. The van der Waals surface area contributed by atoms with Crippen LogP contribution in [-0.2, 0) is 11.4 Å². The van der Waals surface area contributed by atoms with Crippen molar-refractivity contribution < 1.29 is 19.2 Å². The predicted octanol–water partition coefficient (Wildman–Crippen LogP) is 6.75. The van der Waals surface area contributed by atoms with Crippen molar-refractivity contribution in [1.82, 2.24) is 4.90 Å². The zero-order valence-corrected chi connectivity index (χ0v) is 22.5. The van der Waals surface area contributed by atoms with Gasteiger partial charge in [0.1, 0.15) is 6.61 Å². The Hall–Kier alpha value is -4.11. The van der Waals surface area contributed by atoms with Gasteiger partial charge in [0, 0.05) is 6.54 Å². The molecular weight excluding hydrogens is 502 g/mol. The summed E-state index contributed by atoms with van der Waals surface area (Å²) in [4.78, 5) is 31.6. The molecule has 196 valence electrons. The average Bonchev–Trinajstić information content (AvgIpc) is 3.17. The third-order valence-corrected chi connectivity index (χ3v) is 6.73. The van der Waals surface area contributed by atoms with Gasteiger partial charge in [-0.2, -0.15) is 0 Å². The van der Waals surface area contributed by atoms with E-state index in [-0.39, 0.29) is 35.4 Å². The summed E-state index contributed by atoms with van der Waals surface area (Å²) in [7, 11) is 1.47. The van der Waals surface area contributed by atoms with Gasteiger partial charge in [-0.3, -0.25) is 19.8 Å². The minimum atomic E-state index is -0.488. The van der Waals surface area contributed by atoms with Crippen molar-refractivity contribution in [2.24, 2.45) is 10.9 Å². The SMILES string of the molecule is COc1cc(/C=C2/SC(=Nc3ccc(C)cc3)N(CC(C)C)C2=O)c([N+](=O)[O-])cc1OCc1ccccc1. The summed E-state index contributed by atoms with van der Waals surface area (Å²) in [6.45, 7) is 6.74. The van der Waals surface area contributed by atoms with Crippen LogP contribution in [0.25, 0.3) is 6.08 Å². The van der Waals surface area contributed by atoms with Crippen LogP contribution in [0.5, 0.6) is 11.5 Å². The van der Waals surface area contributed by atoms with E-state index in [1.807, 2.05) is 75.4 Å². The number of methoxy groups -OCH3 is 1. The summed E-state index contributed by atoms with van der Waals surface area (Å²) in [6, 6.07) is 20.1. The van der Waals surface area contributed by atoms with Gasteiger partial charge in [0.25, 0.3) is 11.6 Å². The van der Waals surface area contributed by atoms with Crippen molar-refractivity contribution in [3.8, 4) is 11.5 Å². The second-order valence-electron chi connectivity index (χ2n) is 9.24. The van der Waals surface area contributed by atoms with Crippen LogP contribution in [0.15, 0.2) is 76.6 Å². The molecule has 0 unspecified atom stereocenters. The summed E-state index contributed by atoms with van der Waals surface area (Å²) in [5.41, 5.74) is 2.82. The highest BCUT2D eigenvalue weighted by Crippen LogP contribution is 2.40. The van der Waals surface area contributed by atoms with Crippen LogP contribution in [0.3, 0.4) is 0 Å². The van der Waals surface area contributed by atoms with E-state index in [1.54, 1.807) is 4.90 Å². The summed E-state index contributed by atoms with van der Waals surface area (Å²) in [5, 5.41) is 12.5. The average molecular weight is 532 g/mol. The van der Waals surface area contributed by atoms with E-state index in [9.17, 15) is 14.9 Å². The molecule has 0 radical (unpaired) electrons. The molecule has 3 aromatic carbocycles. The number of benzene rings is 3. The highest BCUT2D eigenvalue weighted by Gasteiger charge is 2.34. The number of ether oxygens (including phenoxy) is 2. The molecule has 0 spiro atoms. The monoisotopic (exact) mass is 531 g/mol. The van der Waals surface area contributed by atoms with Crippen LogP contribution in [0.1, 0.15) is 30.5 Å². The Kier molecular flexibility index (Phi) is 8.48. The van der Waals surface area contributed by atoms with Crippen LogP contribution in [0.2, 0.25) is 0 Å². The maximum absolute atomic E-state index is 13.4. The summed E-state index contributed by atoms with van der Waals surface area (Å²) in [5.74, 6) is 0.546. The van der Waals surface area contributed by atoms with Crippen molar-refractivity contribution in [2.45, 2.75) is 27.4 Å². The van der Waals surface area contributed by atoms with Crippen molar-refractivity contribution in [3.05, 3.63) is 98.4 Å². The van der Waals surface area contributed by atoms with Crippen LogP contribution in [0.4, 0.5) is 11.4 Å². The highest BCUT2D eigenvalue weighted by atomic mass is 32.2. The smallest absolute Gasteiger partial charge is 0.280 e. The minimum absolute atomic E-state index is 0.186. The zero-order chi connectivity index (χ0) is 27.2. The van der Waals surface area contributed by atoms with E-state index in [2.05, 4.69) is 0 Å². The Morgan fingerprint density at radius 3 is 2.42 bits per heavy atom. The van der Waals surface area contributed by atoms with Gasteiger partial charge in [0.05, 0.1) is 34.3 Å². The second kappa shape index (κ2) is 12.0. The van der Waals surface area contributed by atoms with Gasteiger partial charge in [0.15, 0.2) is 16.7 Å². The van der Waals surface area contributed by atoms with Gasteiger partial charge in [-0.05, 0) is 54.4 Å². The standard InChI is InChI=1S/C29H29N3O5S/c1-19(2)17-31-28(33)27(38-29(31)30-23-12-10-20(3)11-13-23)15-22-14-25(36-4)26(16-24(22)32(34)35)37-18-21-8-6-5-7-9-21/h5-16,19H,17-18H2,1-4H3/b27-15+,30-29?. The first-order valence-corrected chi connectivity index (χ1v) is 13.0. The number of thioether (sulfide) groups is 1. The van der Waals surface area contributed by atoms with Gasteiger partial charge in [-0.15, -0.1) is 0 Å². The lowest BCUT2D eigenvalue weighted by atomic mass is 10.1. The fourth-order valence-electron chi connectivity index (χ4n) is 3.83. The molecule has 1 saturated heterocycles. The molecule has 0 aromatic heterocycles. The molecule has 1 fully saturated rings. The lowest BCUT2D eigenvalue weighted by Gasteiger charge is -2.17. The number of amides is 1. The summed E-state index contributed by atoms with van der Waals surface area (Å²) < 4.78 is 11.3. The number of amidine groups is 1. The third-order valence-electron chi connectivity index (χ3n) is 5.73. The molecular formula is C29H29N3O5S. The third kappa shape index (κ3) is 6.41. The number of aliphatic imine (C=N–C) groups is 1. The lowest BCUT2D eigenvalue weighted by Crippen LogP contribution is -2.32. The largest absolute Gasteiger partial charge is 0.493 e. The maximum atomic E-state index is 13.4. The van der Waals surface area contributed by atoms with E-state index < -0.39 is 4.92 Å². The Morgan fingerprint density at radius 1 is 1.08 bits per heavy atom. The molecule has 0 atom stereocenters. The number of nitro benzene ring substituents is 1. The molecule has 1 heterocycles. The lowest BCUT2D eigenvalue weighted by molar-refractivity contribution is -0.385. The van der Waals surface area contributed by atoms with Crippen molar-refractivity contribution in [3.63, 3.8) is 0 Å². The zero-order valence-electron chi connectivity index (χ0n) is 21.7. The number of carbonyl (C=O) groups is 1. The molecule has 4 rings (SSSR count). The first-order valence-electron chi connectivity index (χ1n) is 12.1. The van der Waals surface area contributed by atoms with E-state index >= 15 is 0 Å². The van der Waals surface area contributed by atoms with Gasteiger partial charge in [0.2, 0.25) is 0 Å². The van der Waals surface area contributed by atoms with Gasteiger partial charge < -0.3 is 9.47 Å². The quantitative estimate of drug-likeness (QED) is 0.172. The number of nitro groups is 1. The Morgan fingerprint density at radius 2 is 1.79 bits per heavy atom. The van der Waals surface area contributed by atoms with Gasteiger partial charge in [-0.1, -0.05) is 61.9 Å². The molecule has 3 aromatic rings. The van der Waals surface area contributed by atoms with Crippen molar-refractivity contribution in [2.75, 3.05) is 13.7 Å². The summed E-state index contributed by atoms with van der Waals surface area (Å²) in [6.07, 6.45) is 1.53. The second-order valence-corrected chi connectivity index (χ2v) is 10.3. The number of carbonyl (C=O) groups excluding carboxylic acids is 1. The van der Waals surface area contributed by atoms with Crippen molar-refractivity contribution in [1.29, 1.82) is 0 Å². The predicted molar refractivity (Wildman–Crippen MR) is 151 cm³/mol. The van der Waals surface area contributed by atoms with E-state index in [0.29, 0.717) is 22.4 Å². The molecule has 0 aliphatic carbocycles. The van der Waals surface area contributed by atoms with Crippen LogP contribution in [-0.4, -0.2) is 34.6 Å². The molecule has 0 bridgehead atoms. The molecule has 38 heavy (non-hydrogen) atoms. The first kappa shape index (κ1) is 26.9. The van der Waals surface area contributed by atoms with Crippen LogP contribution < -0.4 is 9.47 Å². The molecule has 1 aliphatic rings. The Bertz CT molecular complexity index is 1390. The minimum Gasteiger partial charge on any atom is -0.493 e. The topological polar surface area (TPSA) is 94.3 Å². The molecule has 0 saturated carbocycles. The number of hydrogen-bond acceptors (Lipinski definition) is 7. The molecule has 0 N–H and O–H groups in total. The molecule has 1 aliphatic heterocycles. The number of aryl methyl sites for hydroxylation is 1. The number of hydrogen-bond donors (Lipinski definition) is 0. The Balaban J connectivity index is 1.69. The maximum Gasteiger partial charge on any atom is 0.280 e. The molecule has 9 heteroatoms. The molecule has 8 nitrogen and oxygen atoms in total. The molecule has 1 amide bonds. The van der Waals surface area contributed by atoms with Gasteiger partial charge >= 0.3 is 0 Å². The number of nitrogens with zero attached hydrogens (tertiary/aromatic N) is 3. The van der Waals surface area contributed by atoms with E-state index in [1.165, 1.54) is 37.1 Å². The number of rotatable bonds is 9. The summed E-state index contributed by atoms with van der Waals surface area (Å²) >= 11 is 1.20. The van der Waals surface area contributed by atoms with Crippen LogP contribution >= 0.6 is 11.8 Å². The van der Waals surface area contributed by atoms with Crippen LogP contribution in [0, 0.1) is 23.0 Å². The van der Waals surface area contributed by atoms with E-state index in [4.69, 9.17) is 14.5 Å². The fraction of sp³-hybridized carbons (Fsp3) is 0.241. The normalized spacial score (nSPS) is 15.5. The van der Waals surface area contributed by atoms with Crippen molar-refractivity contribution >= 4 is 40.3 Å². The Labute approximate surface area is 226 Å². The highest BCUT2D eigenvalue weighted by molar-refractivity contribution is 8.18. The van der Waals surface area contributed by atoms with Gasteiger partial charge in [-0.25, -0.2) is 4.99 Å².